The molecule has 2 rings (SSSR count). The highest BCUT2D eigenvalue weighted by Gasteiger charge is 2.29. The summed E-state index contributed by atoms with van der Waals surface area (Å²) in [5, 5.41) is 0.800. The van der Waals surface area contributed by atoms with Crippen molar-refractivity contribution >= 4 is 17.5 Å². The fraction of sp³-hybridized carbons (Fsp3) is 0.562. The molecule has 20 heavy (non-hydrogen) atoms. The minimum absolute atomic E-state index is 0.180. The maximum Gasteiger partial charge on any atom is 0.236 e. The van der Waals surface area contributed by atoms with Crippen LogP contribution in [0.25, 0.3) is 0 Å². The Morgan fingerprint density at radius 3 is 2.80 bits per heavy atom. The molecule has 0 radical (unpaired) electrons. The average molecular weight is 295 g/mol. The largest absolute Gasteiger partial charge is 0.342 e. The van der Waals surface area contributed by atoms with E-state index in [0.717, 1.165) is 30.0 Å². The van der Waals surface area contributed by atoms with Crippen LogP contribution in [0.2, 0.25) is 5.02 Å². The van der Waals surface area contributed by atoms with Crippen molar-refractivity contribution in [3.05, 3.63) is 34.9 Å². The van der Waals surface area contributed by atoms with Gasteiger partial charge in [0.2, 0.25) is 5.91 Å². The van der Waals surface area contributed by atoms with E-state index >= 15 is 0 Å². The number of hydrogen-bond donors (Lipinski definition) is 0. The van der Waals surface area contributed by atoms with E-state index in [1.165, 1.54) is 0 Å². The number of amides is 1. The summed E-state index contributed by atoms with van der Waals surface area (Å²) < 4.78 is 0. The lowest BCUT2D eigenvalue weighted by atomic mass is 10.0. The van der Waals surface area contributed by atoms with Crippen LogP contribution in [0.5, 0.6) is 0 Å². The first-order chi connectivity index (χ1) is 9.50. The average Bonchev–Trinajstić information content (AvgIpc) is 2.86. The predicted molar refractivity (Wildman–Crippen MR) is 82.9 cm³/mol. The molecule has 1 unspecified atom stereocenters. The second-order valence-corrected chi connectivity index (χ2v) is 6.16. The molecule has 0 saturated carbocycles. The molecule has 1 aliphatic rings. The van der Waals surface area contributed by atoms with E-state index in [0.29, 0.717) is 6.54 Å². The van der Waals surface area contributed by atoms with E-state index in [1.54, 1.807) is 0 Å². The zero-order valence-electron chi connectivity index (χ0n) is 12.5. The Labute approximate surface area is 126 Å². The van der Waals surface area contributed by atoms with Crippen molar-refractivity contribution in [3.63, 3.8) is 0 Å². The van der Waals surface area contributed by atoms with Crippen molar-refractivity contribution in [1.82, 2.24) is 9.80 Å². The SMILES string of the molecule is CC(C)N(C)C(=O)CN1CCCC1c1ccccc1Cl. The summed E-state index contributed by atoms with van der Waals surface area (Å²) in [6.07, 6.45) is 2.19. The summed E-state index contributed by atoms with van der Waals surface area (Å²) in [4.78, 5) is 16.3. The molecule has 1 atom stereocenters. The van der Waals surface area contributed by atoms with E-state index in [2.05, 4.69) is 11.0 Å². The van der Waals surface area contributed by atoms with Crippen LogP contribution < -0.4 is 0 Å². The number of nitrogens with zero attached hydrogens (tertiary/aromatic N) is 2. The number of benzene rings is 1. The van der Waals surface area contributed by atoms with Crippen molar-refractivity contribution in [2.75, 3.05) is 20.1 Å². The molecule has 1 fully saturated rings. The third-order valence-electron chi connectivity index (χ3n) is 4.13. The van der Waals surface area contributed by atoms with E-state index in [9.17, 15) is 4.79 Å². The monoisotopic (exact) mass is 294 g/mol. The van der Waals surface area contributed by atoms with Gasteiger partial charge >= 0.3 is 0 Å². The van der Waals surface area contributed by atoms with Gasteiger partial charge in [0, 0.05) is 24.2 Å². The van der Waals surface area contributed by atoms with Gasteiger partial charge in [0.15, 0.2) is 0 Å². The Morgan fingerprint density at radius 1 is 1.45 bits per heavy atom. The predicted octanol–water partition coefficient (Wildman–Crippen LogP) is 3.34. The first kappa shape index (κ1) is 15.3. The van der Waals surface area contributed by atoms with Crippen LogP contribution in [0.3, 0.4) is 0 Å². The van der Waals surface area contributed by atoms with Crippen LogP contribution >= 0.6 is 11.6 Å². The lowest BCUT2D eigenvalue weighted by molar-refractivity contribution is -0.132. The lowest BCUT2D eigenvalue weighted by Gasteiger charge is -2.28. The topological polar surface area (TPSA) is 23.6 Å². The second-order valence-electron chi connectivity index (χ2n) is 5.75. The minimum atomic E-state index is 0.180. The van der Waals surface area contributed by atoms with E-state index in [1.807, 2.05) is 44.0 Å². The highest BCUT2D eigenvalue weighted by Crippen LogP contribution is 2.35. The molecule has 0 bridgehead atoms. The van der Waals surface area contributed by atoms with Gasteiger partial charge in [0.1, 0.15) is 0 Å². The normalized spacial score (nSPS) is 19.6. The molecule has 0 aliphatic carbocycles. The Morgan fingerprint density at radius 2 is 2.15 bits per heavy atom. The Kier molecular flexibility index (Phi) is 5.06. The number of rotatable bonds is 4. The molecular formula is C16H23ClN2O. The molecule has 1 heterocycles. The molecule has 3 nitrogen and oxygen atoms in total. The van der Waals surface area contributed by atoms with Gasteiger partial charge < -0.3 is 4.90 Å². The first-order valence-electron chi connectivity index (χ1n) is 7.25. The molecule has 4 heteroatoms. The number of halogens is 1. The van der Waals surface area contributed by atoms with Gasteiger partial charge in [-0.1, -0.05) is 29.8 Å². The minimum Gasteiger partial charge on any atom is -0.342 e. The molecule has 110 valence electrons. The Hall–Kier alpha value is -1.06. The highest BCUT2D eigenvalue weighted by molar-refractivity contribution is 6.31. The Bertz CT molecular complexity index is 475. The van der Waals surface area contributed by atoms with Crippen LogP contribution in [-0.4, -0.2) is 41.9 Å². The molecule has 0 spiro atoms. The maximum absolute atomic E-state index is 12.3. The fourth-order valence-corrected chi connectivity index (χ4v) is 2.95. The third kappa shape index (κ3) is 3.33. The van der Waals surface area contributed by atoms with Crippen LogP contribution in [0.15, 0.2) is 24.3 Å². The van der Waals surface area contributed by atoms with Crippen molar-refractivity contribution in [3.8, 4) is 0 Å². The summed E-state index contributed by atoms with van der Waals surface area (Å²) in [6.45, 7) is 5.51. The summed E-state index contributed by atoms with van der Waals surface area (Å²) in [6, 6.07) is 8.47. The van der Waals surface area contributed by atoms with Gasteiger partial charge in [-0.3, -0.25) is 9.69 Å². The van der Waals surface area contributed by atoms with Crippen LogP contribution in [0, 0.1) is 0 Å². The van der Waals surface area contributed by atoms with Crippen molar-refractivity contribution in [2.45, 2.75) is 38.8 Å². The van der Waals surface area contributed by atoms with Crippen LogP contribution in [-0.2, 0) is 4.79 Å². The van der Waals surface area contributed by atoms with Crippen molar-refractivity contribution in [1.29, 1.82) is 0 Å². The van der Waals surface area contributed by atoms with Crippen LogP contribution in [0.4, 0.5) is 0 Å². The standard InChI is InChI=1S/C16H23ClN2O/c1-12(2)18(3)16(20)11-19-10-6-9-15(19)13-7-4-5-8-14(13)17/h4-5,7-8,12,15H,6,9-11H2,1-3H3. The summed E-state index contributed by atoms with van der Waals surface area (Å²) in [7, 11) is 1.87. The molecule has 0 aromatic heterocycles. The number of hydrogen-bond acceptors (Lipinski definition) is 2. The Balaban J connectivity index is 2.09. The maximum atomic E-state index is 12.3. The molecule has 1 aliphatic heterocycles. The smallest absolute Gasteiger partial charge is 0.236 e. The van der Waals surface area contributed by atoms with Gasteiger partial charge in [-0.15, -0.1) is 0 Å². The summed E-state index contributed by atoms with van der Waals surface area (Å²) >= 11 is 6.30. The van der Waals surface area contributed by atoms with Gasteiger partial charge in [-0.2, -0.15) is 0 Å². The van der Waals surface area contributed by atoms with Crippen molar-refractivity contribution < 1.29 is 4.79 Å². The van der Waals surface area contributed by atoms with E-state index in [4.69, 9.17) is 11.6 Å². The molecule has 1 aromatic carbocycles. The number of carbonyl (C=O) groups is 1. The zero-order chi connectivity index (χ0) is 14.7. The summed E-state index contributed by atoms with van der Waals surface area (Å²) in [5.41, 5.74) is 1.15. The fourth-order valence-electron chi connectivity index (χ4n) is 2.69. The zero-order valence-corrected chi connectivity index (χ0v) is 13.2. The highest BCUT2D eigenvalue weighted by atomic mass is 35.5. The van der Waals surface area contributed by atoms with Gasteiger partial charge in [-0.25, -0.2) is 0 Å². The number of likely N-dealkylation sites (N-methyl/N-ethyl adjacent to an activating group) is 1. The molecule has 1 amide bonds. The summed E-state index contributed by atoms with van der Waals surface area (Å²) in [5.74, 6) is 0.180. The third-order valence-corrected chi connectivity index (χ3v) is 4.48. The lowest BCUT2D eigenvalue weighted by Crippen LogP contribution is -2.41. The van der Waals surface area contributed by atoms with Crippen LogP contribution in [0.1, 0.15) is 38.3 Å². The van der Waals surface area contributed by atoms with Gasteiger partial charge in [0.25, 0.3) is 0 Å². The van der Waals surface area contributed by atoms with E-state index in [-0.39, 0.29) is 18.0 Å². The number of likely N-dealkylation sites (tertiary alicyclic amines) is 1. The van der Waals surface area contributed by atoms with Crippen molar-refractivity contribution in [2.24, 2.45) is 0 Å². The quantitative estimate of drug-likeness (QED) is 0.850. The van der Waals surface area contributed by atoms with Gasteiger partial charge in [-0.05, 0) is 44.9 Å². The van der Waals surface area contributed by atoms with Gasteiger partial charge in [0.05, 0.1) is 6.54 Å². The molecule has 1 aromatic rings. The molecule has 1 saturated heterocycles. The molecule has 0 N–H and O–H groups in total. The van der Waals surface area contributed by atoms with E-state index < -0.39 is 0 Å². The second kappa shape index (κ2) is 6.59. The first-order valence-corrected chi connectivity index (χ1v) is 7.62. The number of carbonyl (C=O) groups excluding carboxylic acids is 1. The molecular weight excluding hydrogens is 272 g/mol.